The lowest BCUT2D eigenvalue weighted by molar-refractivity contribution is 1.45. The molecule has 0 bridgehead atoms. The summed E-state index contributed by atoms with van der Waals surface area (Å²) in [5.41, 5.74) is 8.27. The van der Waals surface area contributed by atoms with Crippen LogP contribution in [0.1, 0.15) is 44.5 Å². The van der Waals surface area contributed by atoms with Gasteiger partial charge in [-0.15, -0.1) is 47.0 Å². The normalized spacial score (nSPS) is 10.4. The Bertz CT molecular complexity index is 3100. The molecule has 0 saturated carbocycles. The van der Waals surface area contributed by atoms with Gasteiger partial charge in [0, 0.05) is 64.1 Å². The summed E-state index contributed by atoms with van der Waals surface area (Å²) in [5.74, 6) is 27.5. The number of hydrogen-bond donors (Lipinski definition) is 0. The molecule has 0 unspecified atom stereocenters. The molecule has 10 rings (SSSR count). The molecule has 0 nitrogen and oxygen atoms in total. The summed E-state index contributed by atoms with van der Waals surface area (Å²) in [6, 6.07) is 67.5. The Hall–Kier alpha value is -7.12. The number of fused-ring (bicyclic) bond motifs is 4. The van der Waals surface area contributed by atoms with E-state index in [1.54, 1.807) is 47.0 Å². The molecule has 0 radical (unpaired) electrons. The van der Waals surface area contributed by atoms with Gasteiger partial charge in [-0.1, -0.05) is 144 Å². The lowest BCUT2D eigenvalue weighted by Gasteiger charge is -2.10. The maximum atomic E-state index is 3.49. The summed E-state index contributed by atoms with van der Waals surface area (Å²) in [6.07, 6.45) is 8.34. The predicted molar refractivity (Wildman–Crippen MR) is 300 cm³/mol. The zero-order valence-electron chi connectivity index (χ0n) is 38.1. The molecule has 4 heteroatoms. The van der Waals surface area contributed by atoms with E-state index in [1.165, 1.54) is 19.6 Å². The van der Waals surface area contributed by atoms with E-state index in [1.807, 2.05) is 0 Å². The van der Waals surface area contributed by atoms with Crippen LogP contribution in [0.5, 0.6) is 0 Å². The molecule has 324 valence electrons. The third-order valence-electron chi connectivity index (χ3n) is 11.6. The van der Waals surface area contributed by atoms with E-state index in [0.29, 0.717) is 0 Å². The fourth-order valence-corrected chi connectivity index (χ4v) is 9.66. The Labute approximate surface area is 417 Å². The number of thioether (sulfide) groups is 4. The largest absolute Gasteiger partial charge is 0.130 e. The van der Waals surface area contributed by atoms with Crippen LogP contribution in [0.3, 0.4) is 0 Å². The highest BCUT2D eigenvalue weighted by Crippen LogP contribution is 2.34. The Balaban J connectivity index is 0.000000170. The quantitative estimate of drug-likeness (QED) is 0.0979. The summed E-state index contributed by atoms with van der Waals surface area (Å²) < 4.78 is 0. The van der Waals surface area contributed by atoms with Crippen LogP contribution in [0.15, 0.2) is 214 Å². The van der Waals surface area contributed by atoms with Crippen LogP contribution in [0, 0.1) is 47.4 Å². The van der Waals surface area contributed by atoms with Crippen LogP contribution >= 0.6 is 47.0 Å². The molecule has 0 aliphatic rings. The van der Waals surface area contributed by atoms with Crippen LogP contribution in [0.2, 0.25) is 0 Å². The first-order valence-electron chi connectivity index (χ1n) is 22.0. The maximum Gasteiger partial charge on any atom is 0.0406 e. The Morgan fingerprint density at radius 1 is 0.206 bits per heavy atom. The van der Waals surface area contributed by atoms with Crippen molar-refractivity contribution >= 4 is 90.1 Å². The fourth-order valence-electron chi connectivity index (χ4n) is 8.03. The number of benzene rings is 10. The van der Waals surface area contributed by atoms with E-state index in [4.69, 9.17) is 0 Å². The average molecular weight is 941 g/mol. The van der Waals surface area contributed by atoms with Gasteiger partial charge in [-0.3, -0.25) is 0 Å². The Morgan fingerprint density at radius 3 is 0.515 bits per heavy atom. The summed E-state index contributed by atoms with van der Waals surface area (Å²) in [7, 11) is 0. The molecule has 68 heavy (non-hydrogen) atoms. The molecule has 0 atom stereocenters. The third-order valence-corrected chi connectivity index (χ3v) is 14.5. The van der Waals surface area contributed by atoms with Crippen molar-refractivity contribution < 1.29 is 0 Å². The van der Waals surface area contributed by atoms with E-state index in [2.05, 4.69) is 267 Å². The molecule has 0 aliphatic heterocycles. The molecule has 0 aromatic heterocycles. The van der Waals surface area contributed by atoms with Gasteiger partial charge in [-0.2, -0.15) is 0 Å². The van der Waals surface area contributed by atoms with E-state index < -0.39 is 0 Å². The van der Waals surface area contributed by atoms with Gasteiger partial charge in [0.2, 0.25) is 0 Å². The second-order valence-corrected chi connectivity index (χ2v) is 19.1. The topological polar surface area (TPSA) is 0 Å². The number of hydrogen-bond acceptors (Lipinski definition) is 4. The van der Waals surface area contributed by atoms with Crippen molar-refractivity contribution in [3.8, 4) is 47.4 Å². The highest BCUT2D eigenvalue weighted by molar-refractivity contribution is 7.99. The molecule has 0 saturated heterocycles. The van der Waals surface area contributed by atoms with E-state index in [0.717, 1.165) is 87.6 Å². The highest BCUT2D eigenvalue weighted by Gasteiger charge is 2.13. The average Bonchev–Trinajstić information content (AvgIpc) is 3.41. The first-order valence-corrected chi connectivity index (χ1v) is 26.9. The standard InChI is InChI=1S/2C32H22S2/c2*1-33-25-17-11-23(12-18-25)15-21-31-27-7-3-5-9-29(27)32(30-10-6-4-8-28(30)31)22-16-24-13-19-26(34-2)20-14-24/h2*3-14,17-20H,1-2H3. The summed E-state index contributed by atoms with van der Waals surface area (Å²) in [5, 5.41) is 9.08. The predicted octanol–water partition coefficient (Wildman–Crippen LogP) is 16.5. The van der Waals surface area contributed by atoms with Crippen molar-refractivity contribution in [2.45, 2.75) is 19.6 Å². The van der Waals surface area contributed by atoms with Crippen LogP contribution in [0.25, 0.3) is 43.1 Å². The van der Waals surface area contributed by atoms with Crippen molar-refractivity contribution in [2.75, 3.05) is 25.0 Å². The van der Waals surface area contributed by atoms with Crippen LogP contribution < -0.4 is 0 Å². The SMILES string of the molecule is CSc1ccc(C#Cc2c3ccccc3c(C#Cc3ccc(SC)cc3)c3ccccc23)cc1.CSc1ccc(C#Cc2c3ccccc3c(C#Cc3ccc(SC)cc3)c3ccccc23)cc1. The second kappa shape index (κ2) is 22.1. The molecular formula is C64H44S4. The molecular weight excluding hydrogens is 897 g/mol. The summed E-state index contributed by atoms with van der Waals surface area (Å²) in [4.78, 5) is 4.97. The van der Waals surface area contributed by atoms with E-state index in [-0.39, 0.29) is 0 Å². The fraction of sp³-hybridized carbons (Fsp3) is 0.0625. The molecule has 10 aromatic rings. The van der Waals surface area contributed by atoms with Crippen LogP contribution in [-0.2, 0) is 0 Å². The van der Waals surface area contributed by atoms with Gasteiger partial charge < -0.3 is 0 Å². The highest BCUT2D eigenvalue weighted by atomic mass is 32.2. The molecule has 0 aliphatic carbocycles. The first kappa shape index (κ1) is 46.0. The monoisotopic (exact) mass is 940 g/mol. The minimum atomic E-state index is 1.02. The van der Waals surface area contributed by atoms with Crippen molar-refractivity contribution in [2.24, 2.45) is 0 Å². The minimum Gasteiger partial charge on any atom is -0.130 e. The molecule has 0 fully saturated rings. The van der Waals surface area contributed by atoms with Gasteiger partial charge in [0.25, 0.3) is 0 Å². The third kappa shape index (κ3) is 10.5. The Morgan fingerprint density at radius 2 is 0.368 bits per heavy atom. The van der Waals surface area contributed by atoms with Crippen molar-refractivity contribution in [1.29, 1.82) is 0 Å². The molecule has 0 heterocycles. The van der Waals surface area contributed by atoms with Gasteiger partial charge in [0.15, 0.2) is 0 Å². The van der Waals surface area contributed by atoms with Gasteiger partial charge in [-0.05, 0) is 165 Å². The Kier molecular flexibility index (Phi) is 15.0. The van der Waals surface area contributed by atoms with Crippen molar-refractivity contribution in [3.63, 3.8) is 0 Å². The summed E-state index contributed by atoms with van der Waals surface area (Å²) in [6.45, 7) is 0. The second-order valence-electron chi connectivity index (χ2n) is 15.6. The maximum absolute atomic E-state index is 3.49. The van der Waals surface area contributed by atoms with Gasteiger partial charge in [-0.25, -0.2) is 0 Å². The molecule has 10 aromatic carbocycles. The zero-order chi connectivity index (χ0) is 46.7. The van der Waals surface area contributed by atoms with Crippen molar-refractivity contribution in [3.05, 3.63) is 239 Å². The van der Waals surface area contributed by atoms with Gasteiger partial charge >= 0.3 is 0 Å². The van der Waals surface area contributed by atoms with E-state index in [9.17, 15) is 0 Å². The zero-order valence-corrected chi connectivity index (χ0v) is 41.4. The van der Waals surface area contributed by atoms with Crippen LogP contribution in [0.4, 0.5) is 0 Å². The lowest BCUT2D eigenvalue weighted by Crippen LogP contribution is -1.90. The van der Waals surface area contributed by atoms with Crippen molar-refractivity contribution in [1.82, 2.24) is 0 Å². The van der Waals surface area contributed by atoms with E-state index >= 15 is 0 Å². The molecule has 0 N–H and O–H groups in total. The minimum absolute atomic E-state index is 1.02. The smallest absolute Gasteiger partial charge is 0.0406 e. The van der Waals surface area contributed by atoms with Gasteiger partial charge in [0.1, 0.15) is 0 Å². The van der Waals surface area contributed by atoms with Gasteiger partial charge in [0.05, 0.1) is 0 Å². The number of rotatable bonds is 4. The van der Waals surface area contributed by atoms with Crippen LogP contribution in [-0.4, -0.2) is 25.0 Å². The lowest BCUT2D eigenvalue weighted by atomic mass is 9.92. The summed E-state index contributed by atoms with van der Waals surface area (Å²) >= 11 is 6.96. The first-order chi connectivity index (χ1) is 33.5. The molecule has 0 spiro atoms. The molecule has 0 amide bonds.